The van der Waals surface area contributed by atoms with Crippen molar-refractivity contribution in [1.29, 1.82) is 0 Å². The fraction of sp³-hybridized carbons (Fsp3) is 0.615. The Labute approximate surface area is 205 Å². The number of anilines is 1. The van der Waals surface area contributed by atoms with Crippen LogP contribution < -0.4 is 15.5 Å². The molecule has 0 bridgehead atoms. The zero-order chi connectivity index (χ0) is 25.3. The molecule has 0 aliphatic carbocycles. The summed E-state index contributed by atoms with van der Waals surface area (Å²) in [5, 5.41) is 5.71. The van der Waals surface area contributed by atoms with Crippen LogP contribution in [-0.4, -0.2) is 60.0 Å². The molecule has 2 N–H and O–H groups in total. The molecule has 3 saturated heterocycles. The van der Waals surface area contributed by atoms with Gasteiger partial charge in [-0.05, 0) is 77.2 Å². The molecule has 2 unspecified atom stereocenters. The van der Waals surface area contributed by atoms with E-state index in [0.29, 0.717) is 24.6 Å². The number of ether oxygens (including phenoxy) is 1. The van der Waals surface area contributed by atoms with Crippen molar-refractivity contribution < 1.29 is 23.9 Å². The number of piperidine rings is 1. The summed E-state index contributed by atoms with van der Waals surface area (Å²) in [6.07, 6.45) is 0.134. The van der Waals surface area contributed by atoms with E-state index in [1.54, 1.807) is 9.80 Å². The summed E-state index contributed by atoms with van der Waals surface area (Å²) >= 11 is 0. The predicted molar refractivity (Wildman–Crippen MR) is 129 cm³/mol. The van der Waals surface area contributed by atoms with E-state index in [-0.39, 0.29) is 36.3 Å². The van der Waals surface area contributed by atoms with Crippen LogP contribution in [0, 0.1) is 11.8 Å². The fourth-order valence-electron chi connectivity index (χ4n) is 5.90. The van der Waals surface area contributed by atoms with Gasteiger partial charge in [-0.3, -0.25) is 24.6 Å². The van der Waals surface area contributed by atoms with Crippen LogP contribution in [0.1, 0.15) is 64.6 Å². The van der Waals surface area contributed by atoms with Gasteiger partial charge >= 0.3 is 6.09 Å². The molecule has 35 heavy (non-hydrogen) atoms. The lowest BCUT2D eigenvalue weighted by molar-refractivity contribution is -0.136. The van der Waals surface area contributed by atoms with Crippen LogP contribution in [-0.2, 0) is 24.5 Å². The average Bonchev–Trinajstić information content (AvgIpc) is 2.89. The van der Waals surface area contributed by atoms with Gasteiger partial charge in [0.2, 0.25) is 17.7 Å². The van der Waals surface area contributed by atoms with Gasteiger partial charge in [-0.15, -0.1) is 0 Å². The molecule has 4 aliphatic heterocycles. The maximum absolute atomic E-state index is 13.7. The number of nitrogens with one attached hydrogen (secondary N) is 2. The van der Waals surface area contributed by atoms with Crippen molar-refractivity contribution in [2.75, 3.05) is 24.5 Å². The minimum absolute atomic E-state index is 0.167. The lowest BCUT2D eigenvalue weighted by atomic mass is 9.69. The Balaban J connectivity index is 1.56. The van der Waals surface area contributed by atoms with Crippen LogP contribution in [0.2, 0.25) is 0 Å². The summed E-state index contributed by atoms with van der Waals surface area (Å²) < 4.78 is 5.72. The Bertz CT molecular complexity index is 1100. The molecule has 4 aliphatic rings. The number of nitrogens with zero attached hydrogens (tertiary/aromatic N) is 2. The van der Waals surface area contributed by atoms with Crippen LogP contribution in [0.5, 0.6) is 0 Å². The molecule has 0 aromatic heterocycles. The van der Waals surface area contributed by atoms with E-state index in [1.807, 2.05) is 52.8 Å². The van der Waals surface area contributed by atoms with Crippen molar-refractivity contribution in [1.82, 2.24) is 15.5 Å². The van der Waals surface area contributed by atoms with Gasteiger partial charge in [0.05, 0.1) is 11.5 Å². The highest BCUT2D eigenvalue weighted by Crippen LogP contribution is 2.52. The Morgan fingerprint density at radius 3 is 2.46 bits per heavy atom. The van der Waals surface area contributed by atoms with Crippen molar-refractivity contribution in [2.45, 2.75) is 70.6 Å². The first-order chi connectivity index (χ1) is 16.4. The zero-order valence-corrected chi connectivity index (χ0v) is 21.0. The predicted octanol–water partition coefficient (Wildman–Crippen LogP) is 2.24. The van der Waals surface area contributed by atoms with E-state index in [2.05, 4.69) is 10.6 Å². The maximum Gasteiger partial charge on any atom is 0.410 e. The number of hydrogen-bond donors (Lipinski definition) is 2. The topological polar surface area (TPSA) is 108 Å². The summed E-state index contributed by atoms with van der Waals surface area (Å²) in [5.74, 6) is -0.224. The second-order valence-corrected chi connectivity index (χ2v) is 11.7. The van der Waals surface area contributed by atoms with Crippen LogP contribution in [0.4, 0.5) is 10.5 Å². The van der Waals surface area contributed by atoms with E-state index in [1.165, 1.54) is 0 Å². The smallest absolute Gasteiger partial charge is 0.410 e. The van der Waals surface area contributed by atoms with Crippen LogP contribution >= 0.6 is 0 Å². The summed E-state index contributed by atoms with van der Waals surface area (Å²) in [7, 11) is 0. The largest absolute Gasteiger partial charge is 0.444 e. The normalized spacial score (nSPS) is 28.3. The first-order valence-corrected chi connectivity index (χ1v) is 12.4. The Morgan fingerprint density at radius 2 is 1.86 bits per heavy atom. The van der Waals surface area contributed by atoms with E-state index in [9.17, 15) is 19.2 Å². The average molecular weight is 483 g/mol. The van der Waals surface area contributed by atoms with Gasteiger partial charge in [-0.1, -0.05) is 12.1 Å². The number of carbonyl (C=O) groups is 4. The molecular weight excluding hydrogens is 448 g/mol. The number of carbonyl (C=O) groups excluding carboxylic acids is 4. The molecule has 5 rings (SSSR count). The van der Waals surface area contributed by atoms with Gasteiger partial charge in [0.15, 0.2) is 0 Å². The molecule has 0 radical (unpaired) electrons. The fourth-order valence-corrected chi connectivity index (χ4v) is 5.90. The first-order valence-electron chi connectivity index (χ1n) is 12.4. The van der Waals surface area contributed by atoms with Crippen molar-refractivity contribution in [2.24, 2.45) is 11.8 Å². The number of rotatable bonds is 3. The van der Waals surface area contributed by atoms with Gasteiger partial charge in [0.25, 0.3) is 0 Å². The summed E-state index contributed by atoms with van der Waals surface area (Å²) in [6.45, 7) is 11.7. The number of amides is 4. The lowest BCUT2D eigenvalue weighted by Gasteiger charge is -2.54. The second kappa shape index (κ2) is 8.05. The molecule has 3 fully saturated rings. The standard InChI is InChI=1S/C26H34N4O5/c1-25(2,3)35-24(34)29-13-16(14-11-27-12-14)21(29)15-7-6-8-17-20(15)26(4,5)23(33)30(17)18-9-10-19(31)28-22(18)32/h6-8,14,16,18,21,27H,9-13H2,1-5H3,(H,28,31,32)/t16?,18?,21-/m0/s1. The summed E-state index contributed by atoms with van der Waals surface area (Å²) in [5.41, 5.74) is 0.982. The van der Waals surface area contributed by atoms with Gasteiger partial charge < -0.3 is 15.0 Å². The number of imide groups is 1. The Hall–Kier alpha value is -2.94. The molecule has 4 amide bonds. The molecule has 0 saturated carbocycles. The monoisotopic (exact) mass is 482 g/mol. The van der Waals surface area contributed by atoms with E-state index in [4.69, 9.17) is 4.74 Å². The molecule has 9 heteroatoms. The molecule has 4 heterocycles. The Kier molecular flexibility index (Phi) is 5.47. The quantitative estimate of drug-likeness (QED) is 0.640. The van der Waals surface area contributed by atoms with E-state index < -0.39 is 23.0 Å². The third-order valence-corrected chi connectivity index (χ3v) is 7.75. The zero-order valence-electron chi connectivity index (χ0n) is 21.0. The van der Waals surface area contributed by atoms with Crippen molar-refractivity contribution in [3.05, 3.63) is 29.3 Å². The van der Waals surface area contributed by atoms with Crippen molar-refractivity contribution >= 4 is 29.5 Å². The second-order valence-electron chi connectivity index (χ2n) is 11.7. The SMILES string of the molecule is CC(C)(C)OC(=O)N1CC(C2CNC2)[C@@H]1c1cccc2c1C(C)(C)C(=O)N2C1CCC(=O)NC1=O. The molecule has 0 spiro atoms. The van der Waals surface area contributed by atoms with E-state index >= 15 is 0 Å². The van der Waals surface area contributed by atoms with Crippen LogP contribution in [0.25, 0.3) is 0 Å². The summed E-state index contributed by atoms with van der Waals surface area (Å²) in [6, 6.07) is 4.82. The Morgan fingerprint density at radius 1 is 1.14 bits per heavy atom. The molecule has 188 valence electrons. The highest BCUT2D eigenvalue weighted by molar-refractivity contribution is 6.14. The number of hydrogen-bond acceptors (Lipinski definition) is 6. The van der Waals surface area contributed by atoms with Gasteiger partial charge in [0.1, 0.15) is 11.6 Å². The van der Waals surface area contributed by atoms with Crippen molar-refractivity contribution in [3.8, 4) is 0 Å². The lowest BCUT2D eigenvalue weighted by Crippen LogP contribution is -2.62. The number of fused-ring (bicyclic) bond motifs is 1. The van der Waals surface area contributed by atoms with Gasteiger partial charge in [0, 0.05) is 24.6 Å². The van der Waals surface area contributed by atoms with E-state index in [0.717, 1.165) is 24.2 Å². The first kappa shape index (κ1) is 23.8. The minimum Gasteiger partial charge on any atom is -0.444 e. The van der Waals surface area contributed by atoms with Gasteiger partial charge in [-0.25, -0.2) is 4.79 Å². The maximum atomic E-state index is 13.7. The highest BCUT2D eigenvalue weighted by atomic mass is 16.6. The third-order valence-electron chi connectivity index (χ3n) is 7.75. The number of likely N-dealkylation sites (tertiary alicyclic amines) is 1. The summed E-state index contributed by atoms with van der Waals surface area (Å²) in [4.78, 5) is 54.6. The van der Waals surface area contributed by atoms with Crippen molar-refractivity contribution in [3.63, 3.8) is 0 Å². The number of benzene rings is 1. The van der Waals surface area contributed by atoms with Crippen LogP contribution in [0.15, 0.2) is 18.2 Å². The molecule has 3 atom stereocenters. The third kappa shape index (κ3) is 3.80. The molecular formula is C26H34N4O5. The van der Waals surface area contributed by atoms with Gasteiger partial charge in [-0.2, -0.15) is 0 Å². The molecule has 1 aromatic rings. The van der Waals surface area contributed by atoms with Crippen LogP contribution in [0.3, 0.4) is 0 Å². The highest BCUT2D eigenvalue weighted by Gasteiger charge is 2.55. The molecule has 1 aromatic carbocycles. The minimum atomic E-state index is -0.884. The molecule has 9 nitrogen and oxygen atoms in total.